The molecule has 138 valence electrons. The van der Waals surface area contributed by atoms with E-state index in [0.717, 1.165) is 22.3 Å². The Bertz CT molecular complexity index is 886. The fourth-order valence-corrected chi connectivity index (χ4v) is 2.82. The van der Waals surface area contributed by atoms with Gasteiger partial charge in [-0.25, -0.2) is 4.79 Å². The maximum atomic E-state index is 12.1. The molecule has 0 aliphatic rings. The van der Waals surface area contributed by atoms with Gasteiger partial charge < -0.3 is 15.7 Å². The Morgan fingerprint density at radius 1 is 0.889 bits per heavy atom. The van der Waals surface area contributed by atoms with Crippen molar-refractivity contribution in [2.24, 2.45) is 0 Å². The van der Waals surface area contributed by atoms with Crippen molar-refractivity contribution >= 4 is 11.7 Å². The summed E-state index contributed by atoms with van der Waals surface area (Å²) >= 11 is 0. The molecule has 3 N–H and O–H groups in total. The number of hydrogen-bond donors (Lipinski definition) is 3. The molecular formula is C23H24N2O2. The van der Waals surface area contributed by atoms with Gasteiger partial charge in [-0.3, -0.25) is 0 Å². The number of urea groups is 1. The lowest BCUT2D eigenvalue weighted by Crippen LogP contribution is -2.40. The molecule has 0 radical (unpaired) electrons. The SMILES string of the molecule is Cc1ccc(NC(=O)NCC(C)(O)c2ccc(-c3ccccc3)cc2)cc1. The van der Waals surface area contributed by atoms with Crippen LogP contribution in [0, 0.1) is 6.92 Å². The fraction of sp³-hybridized carbons (Fsp3) is 0.174. The Balaban J connectivity index is 1.60. The highest BCUT2D eigenvalue weighted by Gasteiger charge is 2.23. The number of carbonyl (C=O) groups excluding carboxylic acids is 1. The van der Waals surface area contributed by atoms with E-state index >= 15 is 0 Å². The molecule has 3 rings (SSSR count). The van der Waals surface area contributed by atoms with Gasteiger partial charge in [-0.05, 0) is 42.7 Å². The van der Waals surface area contributed by atoms with Gasteiger partial charge in [0.1, 0.15) is 5.60 Å². The topological polar surface area (TPSA) is 61.4 Å². The number of nitrogens with one attached hydrogen (secondary N) is 2. The summed E-state index contributed by atoms with van der Waals surface area (Å²) in [6, 6.07) is 25.0. The quantitative estimate of drug-likeness (QED) is 0.618. The van der Waals surface area contributed by atoms with Crippen molar-refractivity contribution in [2.45, 2.75) is 19.4 Å². The predicted molar refractivity (Wildman–Crippen MR) is 110 cm³/mol. The minimum absolute atomic E-state index is 0.107. The van der Waals surface area contributed by atoms with Crippen LogP contribution in [0.1, 0.15) is 18.1 Å². The van der Waals surface area contributed by atoms with Crippen LogP contribution in [0.25, 0.3) is 11.1 Å². The first-order chi connectivity index (χ1) is 12.9. The number of carbonyl (C=O) groups is 1. The number of anilines is 1. The Kier molecular flexibility index (Phi) is 5.57. The van der Waals surface area contributed by atoms with Crippen molar-refractivity contribution in [3.05, 3.63) is 90.0 Å². The Labute approximate surface area is 159 Å². The molecule has 27 heavy (non-hydrogen) atoms. The zero-order chi connectivity index (χ0) is 19.3. The minimum Gasteiger partial charge on any atom is -0.384 e. The normalized spacial score (nSPS) is 12.9. The van der Waals surface area contributed by atoms with Crippen LogP contribution in [0.2, 0.25) is 0 Å². The Hall–Kier alpha value is -3.11. The first-order valence-electron chi connectivity index (χ1n) is 8.94. The summed E-state index contributed by atoms with van der Waals surface area (Å²) in [5, 5.41) is 16.2. The average Bonchev–Trinajstić information content (AvgIpc) is 2.69. The number of rotatable bonds is 5. The predicted octanol–water partition coefficient (Wildman–Crippen LogP) is 4.69. The molecule has 0 fully saturated rings. The van der Waals surface area contributed by atoms with Gasteiger partial charge in [-0.2, -0.15) is 0 Å². The molecule has 3 aromatic rings. The third-order valence-corrected chi connectivity index (χ3v) is 4.52. The van der Waals surface area contributed by atoms with Crippen molar-refractivity contribution in [3.63, 3.8) is 0 Å². The lowest BCUT2D eigenvalue weighted by Gasteiger charge is -2.24. The zero-order valence-electron chi connectivity index (χ0n) is 15.6. The van der Waals surface area contributed by atoms with E-state index in [4.69, 9.17) is 0 Å². The summed E-state index contributed by atoms with van der Waals surface area (Å²) in [6.07, 6.45) is 0. The van der Waals surface area contributed by atoms with E-state index in [1.54, 1.807) is 6.92 Å². The van der Waals surface area contributed by atoms with Crippen LogP contribution in [-0.2, 0) is 5.60 Å². The van der Waals surface area contributed by atoms with E-state index in [9.17, 15) is 9.90 Å². The number of aliphatic hydroxyl groups is 1. The van der Waals surface area contributed by atoms with Gasteiger partial charge in [-0.1, -0.05) is 72.3 Å². The molecule has 0 bridgehead atoms. The molecule has 0 aromatic heterocycles. The highest BCUT2D eigenvalue weighted by molar-refractivity contribution is 5.89. The third kappa shape index (κ3) is 4.96. The third-order valence-electron chi connectivity index (χ3n) is 4.52. The number of aryl methyl sites for hydroxylation is 1. The summed E-state index contributed by atoms with van der Waals surface area (Å²) in [4.78, 5) is 12.1. The van der Waals surface area contributed by atoms with Gasteiger partial charge in [0.05, 0.1) is 6.54 Å². The van der Waals surface area contributed by atoms with Crippen LogP contribution in [0.15, 0.2) is 78.9 Å². The molecule has 0 saturated heterocycles. The molecule has 2 amide bonds. The maximum Gasteiger partial charge on any atom is 0.319 e. The summed E-state index contributed by atoms with van der Waals surface area (Å²) < 4.78 is 0. The van der Waals surface area contributed by atoms with E-state index in [0.29, 0.717) is 5.69 Å². The molecule has 1 atom stereocenters. The first-order valence-corrected chi connectivity index (χ1v) is 8.94. The molecular weight excluding hydrogens is 336 g/mol. The summed E-state index contributed by atoms with van der Waals surface area (Å²) in [7, 11) is 0. The Morgan fingerprint density at radius 3 is 2.11 bits per heavy atom. The fourth-order valence-electron chi connectivity index (χ4n) is 2.82. The molecule has 0 saturated carbocycles. The second kappa shape index (κ2) is 8.06. The second-order valence-electron chi connectivity index (χ2n) is 6.89. The minimum atomic E-state index is -1.17. The maximum absolute atomic E-state index is 12.1. The highest BCUT2D eigenvalue weighted by Crippen LogP contribution is 2.24. The summed E-state index contributed by atoms with van der Waals surface area (Å²) in [5.74, 6) is 0. The first kappa shape index (κ1) is 18.7. The van der Waals surface area contributed by atoms with Crippen molar-refractivity contribution < 1.29 is 9.90 Å². The van der Waals surface area contributed by atoms with Crippen molar-refractivity contribution in [1.29, 1.82) is 0 Å². The van der Waals surface area contributed by atoms with Gasteiger partial charge in [0, 0.05) is 5.69 Å². The summed E-state index contributed by atoms with van der Waals surface area (Å²) in [5.41, 5.74) is 3.63. The average molecular weight is 360 g/mol. The second-order valence-corrected chi connectivity index (χ2v) is 6.89. The molecule has 0 heterocycles. The molecule has 1 unspecified atom stereocenters. The van der Waals surface area contributed by atoms with Gasteiger partial charge >= 0.3 is 6.03 Å². The van der Waals surface area contributed by atoms with Crippen LogP contribution in [0.4, 0.5) is 10.5 Å². The molecule has 4 heteroatoms. The van der Waals surface area contributed by atoms with E-state index in [1.807, 2.05) is 85.8 Å². The summed E-state index contributed by atoms with van der Waals surface area (Å²) in [6.45, 7) is 3.79. The van der Waals surface area contributed by atoms with Crippen LogP contribution >= 0.6 is 0 Å². The monoisotopic (exact) mass is 360 g/mol. The van der Waals surface area contributed by atoms with Crippen LogP contribution < -0.4 is 10.6 Å². The van der Waals surface area contributed by atoms with Gasteiger partial charge in [0.25, 0.3) is 0 Å². The van der Waals surface area contributed by atoms with E-state index in [-0.39, 0.29) is 12.6 Å². The number of benzene rings is 3. The molecule has 3 aromatic carbocycles. The van der Waals surface area contributed by atoms with Gasteiger partial charge in [-0.15, -0.1) is 0 Å². The zero-order valence-corrected chi connectivity index (χ0v) is 15.6. The van der Waals surface area contributed by atoms with E-state index in [1.165, 1.54) is 0 Å². The van der Waals surface area contributed by atoms with Crippen LogP contribution in [0.5, 0.6) is 0 Å². The Morgan fingerprint density at radius 2 is 1.48 bits per heavy atom. The van der Waals surface area contributed by atoms with Crippen LogP contribution in [0.3, 0.4) is 0 Å². The van der Waals surface area contributed by atoms with E-state index < -0.39 is 5.60 Å². The van der Waals surface area contributed by atoms with E-state index in [2.05, 4.69) is 10.6 Å². The van der Waals surface area contributed by atoms with Crippen LogP contribution in [-0.4, -0.2) is 17.7 Å². The lowest BCUT2D eigenvalue weighted by atomic mass is 9.94. The smallest absolute Gasteiger partial charge is 0.319 e. The molecule has 0 aliphatic carbocycles. The van der Waals surface area contributed by atoms with Crippen molar-refractivity contribution in [1.82, 2.24) is 5.32 Å². The number of hydrogen-bond acceptors (Lipinski definition) is 2. The lowest BCUT2D eigenvalue weighted by molar-refractivity contribution is 0.0600. The number of amides is 2. The van der Waals surface area contributed by atoms with Crippen molar-refractivity contribution in [3.8, 4) is 11.1 Å². The molecule has 0 spiro atoms. The molecule has 4 nitrogen and oxygen atoms in total. The highest BCUT2D eigenvalue weighted by atomic mass is 16.3. The standard InChI is InChI=1S/C23H24N2O2/c1-17-8-14-21(15-9-17)25-22(26)24-16-23(2,27)20-12-10-19(11-13-20)18-6-4-3-5-7-18/h3-15,27H,16H2,1-2H3,(H2,24,25,26). The van der Waals surface area contributed by atoms with Crippen molar-refractivity contribution in [2.75, 3.05) is 11.9 Å². The van der Waals surface area contributed by atoms with Gasteiger partial charge in [0.2, 0.25) is 0 Å². The molecule has 0 aliphatic heterocycles. The largest absolute Gasteiger partial charge is 0.384 e. The van der Waals surface area contributed by atoms with Gasteiger partial charge in [0.15, 0.2) is 0 Å².